The van der Waals surface area contributed by atoms with Gasteiger partial charge in [0, 0.05) is 57.0 Å². The van der Waals surface area contributed by atoms with E-state index in [9.17, 15) is 0 Å². The third-order valence-electron chi connectivity index (χ3n) is 5.50. The number of hydrogen-bond donors (Lipinski definition) is 2. The Bertz CT molecular complexity index is 670. The minimum absolute atomic E-state index is 0. The Hall–Kier alpha value is -1.46. The average Bonchev–Trinajstić information content (AvgIpc) is 2.78. The van der Waals surface area contributed by atoms with Crippen LogP contribution in [0.4, 0.5) is 0 Å². The maximum atomic E-state index is 5.67. The van der Waals surface area contributed by atoms with Crippen LogP contribution in [-0.2, 0) is 11.2 Å². The molecule has 1 aliphatic heterocycles. The van der Waals surface area contributed by atoms with E-state index in [1.54, 1.807) is 21.3 Å². The number of guanidine groups is 1. The van der Waals surface area contributed by atoms with E-state index in [4.69, 9.17) is 18.9 Å². The number of methoxy groups -OCH3 is 3. The van der Waals surface area contributed by atoms with Gasteiger partial charge >= 0.3 is 0 Å². The van der Waals surface area contributed by atoms with Gasteiger partial charge in [-0.05, 0) is 33.1 Å². The number of aliphatic imine (C=N–C) groups is 1. The lowest BCUT2D eigenvalue weighted by atomic mass is 10.1. The molecule has 0 aliphatic carbocycles. The summed E-state index contributed by atoms with van der Waals surface area (Å²) in [5.41, 5.74) is 1.01. The van der Waals surface area contributed by atoms with E-state index < -0.39 is 0 Å². The molecule has 1 aromatic carbocycles. The Balaban J connectivity index is 0.00000512. The Labute approximate surface area is 210 Å². The largest absolute Gasteiger partial charge is 0.496 e. The lowest BCUT2D eigenvalue weighted by Crippen LogP contribution is -2.49. The molecular formula is C23H41IN4O4. The first-order valence-electron chi connectivity index (χ1n) is 11.1. The molecule has 1 aliphatic rings. The Morgan fingerprint density at radius 2 is 1.72 bits per heavy atom. The quantitative estimate of drug-likeness (QED) is 0.243. The minimum atomic E-state index is 0. The highest BCUT2D eigenvalue weighted by Gasteiger charge is 2.20. The van der Waals surface area contributed by atoms with Gasteiger partial charge in [-0.3, -0.25) is 4.99 Å². The molecule has 0 aromatic heterocycles. The predicted octanol–water partition coefficient (Wildman–Crippen LogP) is 2.93. The lowest BCUT2D eigenvalue weighted by molar-refractivity contribution is 0.0532. The van der Waals surface area contributed by atoms with Crippen molar-refractivity contribution in [2.75, 3.05) is 61.2 Å². The number of halogens is 1. The van der Waals surface area contributed by atoms with Gasteiger partial charge < -0.3 is 34.5 Å². The zero-order valence-corrected chi connectivity index (χ0v) is 22.7. The van der Waals surface area contributed by atoms with E-state index in [-0.39, 0.29) is 24.0 Å². The Kier molecular flexibility index (Phi) is 13.7. The fourth-order valence-corrected chi connectivity index (χ4v) is 3.74. The van der Waals surface area contributed by atoms with Crippen molar-refractivity contribution in [3.05, 3.63) is 17.7 Å². The van der Waals surface area contributed by atoms with Gasteiger partial charge in [0.25, 0.3) is 0 Å². The number of ether oxygens (including phenoxy) is 4. The smallest absolute Gasteiger partial charge is 0.191 e. The SMILES string of the molecule is CN=C(NCCc1c(OC)cc(OC)cc1OC)NC1CCN(CCOC(C)C)CC1.I. The molecule has 1 saturated heterocycles. The number of piperidine rings is 1. The van der Waals surface area contributed by atoms with Crippen LogP contribution in [0.1, 0.15) is 32.3 Å². The molecule has 0 amide bonds. The van der Waals surface area contributed by atoms with E-state index in [2.05, 4.69) is 34.4 Å². The summed E-state index contributed by atoms with van der Waals surface area (Å²) in [6, 6.07) is 4.19. The van der Waals surface area contributed by atoms with E-state index in [1.165, 1.54) is 0 Å². The topological polar surface area (TPSA) is 76.6 Å². The summed E-state index contributed by atoms with van der Waals surface area (Å²) in [6.45, 7) is 8.84. The highest BCUT2D eigenvalue weighted by molar-refractivity contribution is 14.0. The van der Waals surface area contributed by atoms with Gasteiger partial charge in [-0.1, -0.05) is 0 Å². The highest BCUT2D eigenvalue weighted by atomic mass is 127. The zero-order valence-electron chi connectivity index (χ0n) is 20.4. The van der Waals surface area contributed by atoms with Crippen molar-refractivity contribution in [1.82, 2.24) is 15.5 Å². The van der Waals surface area contributed by atoms with Crippen LogP contribution in [0, 0.1) is 0 Å². The average molecular weight is 565 g/mol. The Morgan fingerprint density at radius 3 is 2.22 bits per heavy atom. The van der Waals surface area contributed by atoms with Crippen molar-refractivity contribution < 1.29 is 18.9 Å². The summed E-state index contributed by atoms with van der Waals surface area (Å²) < 4.78 is 22.1. The van der Waals surface area contributed by atoms with Crippen LogP contribution in [0.2, 0.25) is 0 Å². The minimum Gasteiger partial charge on any atom is -0.496 e. The fourth-order valence-electron chi connectivity index (χ4n) is 3.74. The van der Waals surface area contributed by atoms with Crippen molar-refractivity contribution >= 4 is 29.9 Å². The molecule has 1 heterocycles. The van der Waals surface area contributed by atoms with Crippen molar-refractivity contribution in [1.29, 1.82) is 0 Å². The van der Waals surface area contributed by atoms with E-state index >= 15 is 0 Å². The van der Waals surface area contributed by atoms with Crippen LogP contribution >= 0.6 is 24.0 Å². The molecule has 0 spiro atoms. The molecular weight excluding hydrogens is 523 g/mol. The number of hydrogen-bond acceptors (Lipinski definition) is 6. The molecule has 0 atom stereocenters. The maximum absolute atomic E-state index is 5.67. The van der Waals surface area contributed by atoms with Crippen LogP contribution in [0.5, 0.6) is 17.2 Å². The summed E-state index contributed by atoms with van der Waals surface area (Å²) in [5.74, 6) is 3.06. The summed E-state index contributed by atoms with van der Waals surface area (Å²) in [7, 11) is 6.76. The number of nitrogens with zero attached hydrogens (tertiary/aromatic N) is 2. The van der Waals surface area contributed by atoms with Gasteiger partial charge in [0.2, 0.25) is 0 Å². The van der Waals surface area contributed by atoms with Crippen molar-refractivity contribution in [3.8, 4) is 17.2 Å². The molecule has 1 aromatic rings. The van der Waals surface area contributed by atoms with Crippen molar-refractivity contribution in [3.63, 3.8) is 0 Å². The molecule has 2 rings (SSSR count). The Morgan fingerprint density at radius 1 is 1.09 bits per heavy atom. The molecule has 184 valence electrons. The second-order valence-corrected chi connectivity index (χ2v) is 7.94. The zero-order chi connectivity index (χ0) is 22.6. The van der Waals surface area contributed by atoms with Crippen LogP contribution in [0.3, 0.4) is 0 Å². The number of likely N-dealkylation sites (tertiary alicyclic amines) is 1. The number of rotatable bonds is 11. The standard InChI is InChI=1S/C23H40N4O4.HI/c1-17(2)31-14-13-27-11-8-18(9-12-27)26-23(24-3)25-10-7-20-21(29-5)15-19(28-4)16-22(20)30-6;/h15-18H,7-14H2,1-6H3,(H2,24,25,26);1H. The van der Waals surface area contributed by atoms with Gasteiger partial charge in [0.1, 0.15) is 17.2 Å². The summed E-state index contributed by atoms with van der Waals surface area (Å²) in [6.07, 6.45) is 3.24. The van der Waals surface area contributed by atoms with Crippen LogP contribution in [-0.4, -0.2) is 84.2 Å². The van der Waals surface area contributed by atoms with Crippen LogP contribution < -0.4 is 24.8 Å². The van der Waals surface area contributed by atoms with E-state index in [1.807, 2.05) is 19.2 Å². The molecule has 32 heavy (non-hydrogen) atoms. The molecule has 0 saturated carbocycles. The molecule has 0 radical (unpaired) electrons. The van der Waals surface area contributed by atoms with E-state index in [0.717, 1.165) is 68.5 Å². The molecule has 1 fully saturated rings. The first-order valence-corrected chi connectivity index (χ1v) is 11.1. The van der Waals surface area contributed by atoms with Crippen molar-refractivity contribution in [2.45, 2.75) is 45.3 Å². The van der Waals surface area contributed by atoms with Crippen molar-refractivity contribution in [2.24, 2.45) is 4.99 Å². The van der Waals surface area contributed by atoms with Gasteiger partial charge in [0.05, 0.1) is 34.0 Å². The number of nitrogens with one attached hydrogen (secondary N) is 2. The molecule has 0 unspecified atom stereocenters. The third kappa shape index (κ3) is 9.19. The number of benzene rings is 1. The van der Waals surface area contributed by atoms with Crippen LogP contribution in [0.15, 0.2) is 17.1 Å². The molecule has 0 bridgehead atoms. The van der Waals surface area contributed by atoms with Gasteiger partial charge in [0.15, 0.2) is 5.96 Å². The first-order chi connectivity index (χ1) is 15.0. The first kappa shape index (κ1) is 28.6. The fraction of sp³-hybridized carbons (Fsp3) is 0.696. The maximum Gasteiger partial charge on any atom is 0.191 e. The third-order valence-corrected chi connectivity index (χ3v) is 5.50. The monoisotopic (exact) mass is 564 g/mol. The van der Waals surface area contributed by atoms with Gasteiger partial charge in [-0.15, -0.1) is 24.0 Å². The molecule has 8 nitrogen and oxygen atoms in total. The second kappa shape index (κ2) is 15.4. The summed E-state index contributed by atoms with van der Waals surface area (Å²) in [4.78, 5) is 6.86. The summed E-state index contributed by atoms with van der Waals surface area (Å²) in [5, 5.41) is 6.98. The molecule has 9 heteroatoms. The van der Waals surface area contributed by atoms with Gasteiger partial charge in [-0.2, -0.15) is 0 Å². The predicted molar refractivity (Wildman–Crippen MR) is 140 cm³/mol. The normalized spacial score (nSPS) is 15.3. The second-order valence-electron chi connectivity index (χ2n) is 7.94. The van der Waals surface area contributed by atoms with Gasteiger partial charge in [-0.25, -0.2) is 0 Å². The highest BCUT2D eigenvalue weighted by Crippen LogP contribution is 2.34. The summed E-state index contributed by atoms with van der Waals surface area (Å²) >= 11 is 0. The lowest BCUT2D eigenvalue weighted by Gasteiger charge is -2.33. The van der Waals surface area contributed by atoms with Crippen LogP contribution in [0.25, 0.3) is 0 Å². The van der Waals surface area contributed by atoms with E-state index in [0.29, 0.717) is 24.4 Å². The molecule has 2 N–H and O–H groups in total.